The molecule has 0 bridgehead atoms. The second-order valence-corrected chi connectivity index (χ2v) is 8.54. The monoisotopic (exact) mass is 440 g/mol. The number of benzene rings is 2. The highest BCUT2D eigenvalue weighted by Crippen LogP contribution is 2.32. The SMILES string of the molecule is C[C@H](OC(=O)c1ccc(Cc2c(O)c3ccccc3oc2=O)cc1)C(Cl)(Cl)Cl. The number of hydrogen-bond donors (Lipinski definition) is 1. The zero-order valence-corrected chi connectivity index (χ0v) is 16.9. The molecule has 1 heterocycles. The molecule has 0 aliphatic rings. The van der Waals surface area contributed by atoms with Gasteiger partial charge in [-0.05, 0) is 36.8 Å². The van der Waals surface area contributed by atoms with Crippen LogP contribution in [0.1, 0.15) is 28.4 Å². The largest absolute Gasteiger partial charge is 0.507 e. The fraction of sp³-hybridized carbons (Fsp3) is 0.200. The number of ether oxygens (including phenoxy) is 1. The van der Waals surface area contributed by atoms with Gasteiger partial charge in [-0.1, -0.05) is 59.1 Å². The van der Waals surface area contributed by atoms with Crippen LogP contribution >= 0.6 is 34.8 Å². The molecule has 0 fully saturated rings. The van der Waals surface area contributed by atoms with Crippen molar-refractivity contribution in [2.75, 3.05) is 0 Å². The maximum atomic E-state index is 12.2. The standard InChI is InChI=1S/C20H15Cl3O5/c1-11(20(21,22)23)27-18(25)13-8-6-12(7-9-13)10-15-17(24)14-4-2-3-5-16(14)28-19(15)26/h2-9,11,24H,10H2,1H3/t11-/m0/s1. The van der Waals surface area contributed by atoms with E-state index in [4.69, 9.17) is 44.0 Å². The summed E-state index contributed by atoms with van der Waals surface area (Å²) in [6, 6.07) is 13.1. The van der Waals surface area contributed by atoms with Crippen LogP contribution in [0.5, 0.6) is 5.75 Å². The smallest absolute Gasteiger partial charge is 0.343 e. The van der Waals surface area contributed by atoms with Gasteiger partial charge in [0.05, 0.1) is 16.5 Å². The Morgan fingerprint density at radius 2 is 1.79 bits per heavy atom. The molecule has 2 aromatic carbocycles. The minimum Gasteiger partial charge on any atom is -0.507 e. The summed E-state index contributed by atoms with van der Waals surface area (Å²) >= 11 is 17.1. The first-order chi connectivity index (χ1) is 13.2. The third-order valence-corrected chi connectivity index (χ3v) is 5.11. The molecule has 0 aliphatic heterocycles. The Morgan fingerprint density at radius 1 is 1.14 bits per heavy atom. The summed E-state index contributed by atoms with van der Waals surface area (Å²) in [4.78, 5) is 24.3. The van der Waals surface area contributed by atoms with Crippen molar-refractivity contribution in [1.29, 1.82) is 0 Å². The Hall–Kier alpha value is -2.21. The van der Waals surface area contributed by atoms with E-state index in [-0.39, 0.29) is 23.3 Å². The van der Waals surface area contributed by atoms with Crippen LogP contribution in [0, 0.1) is 0 Å². The first-order valence-electron chi connectivity index (χ1n) is 8.27. The van der Waals surface area contributed by atoms with Gasteiger partial charge in [-0.25, -0.2) is 9.59 Å². The van der Waals surface area contributed by atoms with E-state index in [9.17, 15) is 14.7 Å². The van der Waals surface area contributed by atoms with Crippen LogP contribution in [0.25, 0.3) is 11.0 Å². The maximum absolute atomic E-state index is 12.2. The number of alkyl halides is 3. The summed E-state index contributed by atoms with van der Waals surface area (Å²) in [5.74, 6) is -0.759. The third-order valence-electron chi connectivity index (χ3n) is 4.19. The molecule has 28 heavy (non-hydrogen) atoms. The Morgan fingerprint density at radius 3 is 2.43 bits per heavy atom. The topological polar surface area (TPSA) is 76.7 Å². The number of hydrogen-bond acceptors (Lipinski definition) is 5. The van der Waals surface area contributed by atoms with Gasteiger partial charge in [0.25, 0.3) is 0 Å². The molecule has 1 atom stereocenters. The molecule has 1 N–H and O–H groups in total. The van der Waals surface area contributed by atoms with E-state index in [0.29, 0.717) is 16.5 Å². The summed E-state index contributed by atoms with van der Waals surface area (Å²) in [6.07, 6.45) is -0.789. The van der Waals surface area contributed by atoms with Crippen molar-refractivity contribution in [3.63, 3.8) is 0 Å². The molecule has 0 spiro atoms. The lowest BCUT2D eigenvalue weighted by Crippen LogP contribution is -2.28. The highest BCUT2D eigenvalue weighted by molar-refractivity contribution is 6.68. The van der Waals surface area contributed by atoms with E-state index in [2.05, 4.69) is 0 Å². The van der Waals surface area contributed by atoms with E-state index in [1.165, 1.54) is 19.1 Å². The molecule has 0 amide bonds. The van der Waals surface area contributed by atoms with Crippen LogP contribution in [0.2, 0.25) is 0 Å². The van der Waals surface area contributed by atoms with Crippen molar-refractivity contribution in [3.8, 4) is 5.75 Å². The average molecular weight is 442 g/mol. The van der Waals surface area contributed by atoms with Crippen molar-refractivity contribution in [2.45, 2.75) is 23.2 Å². The number of carbonyl (C=O) groups excluding carboxylic acids is 1. The maximum Gasteiger partial charge on any atom is 0.343 e. The summed E-state index contributed by atoms with van der Waals surface area (Å²) in [6.45, 7) is 1.47. The van der Waals surface area contributed by atoms with Gasteiger partial charge < -0.3 is 14.3 Å². The molecule has 1 aromatic heterocycles. The zero-order valence-electron chi connectivity index (χ0n) is 14.6. The Balaban J connectivity index is 1.81. The van der Waals surface area contributed by atoms with Gasteiger partial charge in [0.15, 0.2) is 0 Å². The summed E-state index contributed by atoms with van der Waals surface area (Å²) in [7, 11) is 0. The third kappa shape index (κ3) is 4.43. The van der Waals surface area contributed by atoms with E-state index >= 15 is 0 Å². The van der Waals surface area contributed by atoms with Gasteiger partial charge in [0, 0.05) is 6.42 Å². The van der Waals surface area contributed by atoms with Crippen molar-refractivity contribution < 1.29 is 19.1 Å². The molecular formula is C20H15Cl3O5. The minimum absolute atomic E-state index is 0.119. The predicted octanol–water partition coefficient (Wildman–Crippen LogP) is 5.00. The molecule has 0 saturated heterocycles. The van der Waals surface area contributed by atoms with Crippen LogP contribution in [-0.4, -0.2) is 21.0 Å². The number of rotatable bonds is 4. The molecule has 3 aromatic rings. The van der Waals surface area contributed by atoms with E-state index < -0.39 is 21.5 Å². The number of halogens is 3. The first kappa shape index (κ1) is 20.5. The predicted molar refractivity (Wildman–Crippen MR) is 109 cm³/mol. The van der Waals surface area contributed by atoms with Crippen molar-refractivity contribution >= 4 is 51.7 Å². The molecule has 0 aliphatic carbocycles. The summed E-state index contributed by atoms with van der Waals surface area (Å²) < 4.78 is 8.64. The molecule has 5 nitrogen and oxygen atoms in total. The van der Waals surface area contributed by atoms with Gasteiger partial charge in [0.1, 0.15) is 17.4 Å². The lowest BCUT2D eigenvalue weighted by molar-refractivity contribution is 0.0349. The fourth-order valence-corrected chi connectivity index (χ4v) is 2.72. The van der Waals surface area contributed by atoms with Crippen LogP contribution in [0.4, 0.5) is 0 Å². The lowest BCUT2D eigenvalue weighted by atomic mass is 10.0. The van der Waals surface area contributed by atoms with Crippen molar-refractivity contribution in [1.82, 2.24) is 0 Å². The summed E-state index contributed by atoms with van der Waals surface area (Å²) in [5.41, 5.74) is 0.799. The molecule has 3 rings (SSSR count). The Kier molecular flexibility index (Phi) is 5.89. The van der Waals surface area contributed by atoms with Crippen LogP contribution < -0.4 is 5.63 Å². The summed E-state index contributed by atoms with van der Waals surface area (Å²) in [5, 5.41) is 10.9. The molecule has 146 valence electrons. The molecule has 0 unspecified atom stereocenters. The number of para-hydroxylation sites is 1. The van der Waals surface area contributed by atoms with Crippen LogP contribution in [0.15, 0.2) is 57.7 Å². The number of esters is 1. The second kappa shape index (κ2) is 8.03. The van der Waals surface area contributed by atoms with Crippen molar-refractivity contribution in [2.24, 2.45) is 0 Å². The highest BCUT2D eigenvalue weighted by Gasteiger charge is 2.32. The van der Waals surface area contributed by atoms with Gasteiger partial charge in [0.2, 0.25) is 3.79 Å². The van der Waals surface area contributed by atoms with E-state index in [1.807, 2.05) is 0 Å². The van der Waals surface area contributed by atoms with Gasteiger partial charge >= 0.3 is 11.6 Å². The van der Waals surface area contributed by atoms with Gasteiger partial charge in [-0.2, -0.15) is 0 Å². The zero-order chi connectivity index (χ0) is 20.5. The second-order valence-electron chi connectivity index (χ2n) is 6.18. The average Bonchev–Trinajstić information content (AvgIpc) is 2.64. The first-order valence-corrected chi connectivity index (χ1v) is 9.40. The minimum atomic E-state index is -1.72. The molecule has 0 radical (unpaired) electrons. The van der Waals surface area contributed by atoms with Gasteiger partial charge in [-0.3, -0.25) is 0 Å². The fourth-order valence-electron chi connectivity index (χ4n) is 2.59. The van der Waals surface area contributed by atoms with Gasteiger partial charge in [-0.15, -0.1) is 0 Å². The lowest BCUT2D eigenvalue weighted by Gasteiger charge is -2.20. The Labute approximate surface area is 175 Å². The van der Waals surface area contributed by atoms with E-state index in [1.54, 1.807) is 36.4 Å². The molecular weight excluding hydrogens is 427 g/mol. The number of fused-ring (bicyclic) bond motifs is 1. The van der Waals surface area contributed by atoms with E-state index in [0.717, 1.165) is 0 Å². The molecule has 0 saturated carbocycles. The quantitative estimate of drug-likeness (QED) is 0.350. The number of carbonyl (C=O) groups is 1. The number of aromatic hydroxyl groups is 1. The normalized spacial score (nSPS) is 12.7. The molecule has 8 heteroatoms. The van der Waals surface area contributed by atoms with Crippen LogP contribution in [-0.2, 0) is 11.2 Å². The highest BCUT2D eigenvalue weighted by atomic mass is 35.6. The Bertz CT molecular complexity index is 1070. The van der Waals surface area contributed by atoms with Crippen LogP contribution in [0.3, 0.4) is 0 Å². The van der Waals surface area contributed by atoms with Crippen molar-refractivity contribution in [3.05, 3.63) is 75.6 Å².